The molecule has 0 aromatic heterocycles. The molecular weight excluding hydrogens is 324 g/mol. The first kappa shape index (κ1) is 12.7. The Hall–Kier alpha value is -0.350. The lowest BCUT2D eigenvalue weighted by molar-refractivity contribution is -0.139. The van der Waals surface area contributed by atoms with Crippen LogP contribution in [0.4, 0.5) is 0 Å². The van der Waals surface area contributed by atoms with Crippen LogP contribution >= 0.6 is 31.9 Å². The van der Waals surface area contributed by atoms with Gasteiger partial charge in [0.1, 0.15) is 0 Å². The SMILES string of the molecule is COC(=O)Cc1cc(Br)c(C)c(CBr)c1. The zero-order chi connectivity index (χ0) is 11.4. The largest absolute Gasteiger partial charge is 0.469 e. The molecule has 0 aliphatic carbocycles. The van der Waals surface area contributed by atoms with Gasteiger partial charge in [-0.05, 0) is 29.7 Å². The van der Waals surface area contributed by atoms with Crippen LogP contribution in [0.1, 0.15) is 16.7 Å². The summed E-state index contributed by atoms with van der Waals surface area (Å²) in [6, 6.07) is 3.98. The van der Waals surface area contributed by atoms with Crippen molar-refractivity contribution in [2.24, 2.45) is 0 Å². The lowest BCUT2D eigenvalue weighted by Crippen LogP contribution is -2.05. The van der Waals surface area contributed by atoms with Gasteiger partial charge in [-0.25, -0.2) is 0 Å². The maximum Gasteiger partial charge on any atom is 0.309 e. The second-order valence-electron chi connectivity index (χ2n) is 3.25. The van der Waals surface area contributed by atoms with Crippen molar-refractivity contribution in [3.05, 3.63) is 33.3 Å². The molecule has 82 valence electrons. The van der Waals surface area contributed by atoms with Gasteiger partial charge >= 0.3 is 5.97 Å². The van der Waals surface area contributed by atoms with Crippen LogP contribution in [0.15, 0.2) is 16.6 Å². The van der Waals surface area contributed by atoms with Crippen LogP contribution in [-0.2, 0) is 21.3 Å². The number of halogens is 2. The molecule has 1 rings (SSSR count). The van der Waals surface area contributed by atoms with Crippen molar-refractivity contribution < 1.29 is 9.53 Å². The van der Waals surface area contributed by atoms with E-state index in [-0.39, 0.29) is 5.97 Å². The Labute approximate surface area is 106 Å². The summed E-state index contributed by atoms with van der Waals surface area (Å²) >= 11 is 6.90. The summed E-state index contributed by atoms with van der Waals surface area (Å²) in [5.74, 6) is -0.216. The predicted molar refractivity (Wildman–Crippen MR) is 67.2 cm³/mol. The van der Waals surface area contributed by atoms with E-state index in [1.165, 1.54) is 18.2 Å². The first-order valence-corrected chi connectivity index (χ1v) is 6.40. The summed E-state index contributed by atoms with van der Waals surface area (Å²) in [5.41, 5.74) is 3.34. The summed E-state index contributed by atoms with van der Waals surface area (Å²) in [5, 5.41) is 0.784. The third kappa shape index (κ3) is 3.31. The smallest absolute Gasteiger partial charge is 0.309 e. The van der Waals surface area contributed by atoms with Crippen LogP contribution in [0.5, 0.6) is 0 Å². The number of rotatable bonds is 3. The van der Waals surface area contributed by atoms with Crippen molar-refractivity contribution in [1.29, 1.82) is 0 Å². The topological polar surface area (TPSA) is 26.3 Å². The molecule has 15 heavy (non-hydrogen) atoms. The van der Waals surface area contributed by atoms with Crippen molar-refractivity contribution in [3.63, 3.8) is 0 Å². The average molecular weight is 336 g/mol. The number of benzene rings is 1. The van der Waals surface area contributed by atoms with Crippen LogP contribution < -0.4 is 0 Å². The summed E-state index contributed by atoms with van der Waals surface area (Å²) in [6.07, 6.45) is 0.315. The standard InChI is InChI=1S/C11H12Br2O2/c1-7-9(6-12)3-8(4-10(7)13)5-11(14)15-2/h3-4H,5-6H2,1-2H3. The Bertz CT molecular complexity index is 375. The number of hydrogen-bond donors (Lipinski definition) is 0. The van der Waals surface area contributed by atoms with Crippen LogP contribution in [0, 0.1) is 6.92 Å². The maximum atomic E-state index is 11.1. The highest BCUT2D eigenvalue weighted by Gasteiger charge is 2.08. The van der Waals surface area contributed by atoms with Crippen molar-refractivity contribution >= 4 is 37.8 Å². The highest BCUT2D eigenvalue weighted by molar-refractivity contribution is 9.10. The van der Waals surface area contributed by atoms with Crippen LogP contribution in [0.2, 0.25) is 0 Å². The van der Waals surface area contributed by atoms with Gasteiger partial charge in [-0.2, -0.15) is 0 Å². The molecule has 2 nitrogen and oxygen atoms in total. The molecule has 1 aromatic rings. The molecule has 0 spiro atoms. The molecule has 0 fully saturated rings. The molecule has 0 unspecified atom stereocenters. The third-order valence-corrected chi connectivity index (χ3v) is 3.66. The number of carbonyl (C=O) groups is 1. The van der Waals surface area contributed by atoms with Gasteiger partial charge in [0, 0.05) is 9.80 Å². The number of carbonyl (C=O) groups excluding carboxylic acids is 1. The van der Waals surface area contributed by atoms with Crippen molar-refractivity contribution in [2.75, 3.05) is 7.11 Å². The van der Waals surface area contributed by atoms with Gasteiger partial charge in [0.05, 0.1) is 13.5 Å². The van der Waals surface area contributed by atoms with Gasteiger partial charge in [0.15, 0.2) is 0 Å². The second-order valence-corrected chi connectivity index (χ2v) is 4.66. The Morgan fingerprint density at radius 2 is 2.13 bits per heavy atom. The summed E-state index contributed by atoms with van der Waals surface area (Å²) in [7, 11) is 1.40. The fourth-order valence-electron chi connectivity index (χ4n) is 1.28. The summed E-state index contributed by atoms with van der Waals surface area (Å²) in [4.78, 5) is 11.1. The van der Waals surface area contributed by atoms with E-state index in [1.807, 2.05) is 19.1 Å². The molecule has 0 saturated carbocycles. The average Bonchev–Trinajstić information content (AvgIpc) is 2.22. The van der Waals surface area contributed by atoms with Gasteiger partial charge in [0.25, 0.3) is 0 Å². The molecule has 0 amide bonds. The second kappa shape index (κ2) is 5.66. The molecule has 0 saturated heterocycles. The van der Waals surface area contributed by atoms with E-state index in [1.54, 1.807) is 0 Å². The molecule has 4 heteroatoms. The van der Waals surface area contributed by atoms with Crippen LogP contribution in [-0.4, -0.2) is 13.1 Å². The van der Waals surface area contributed by atoms with E-state index in [4.69, 9.17) is 0 Å². The zero-order valence-corrected chi connectivity index (χ0v) is 11.8. The molecular formula is C11H12Br2O2. The molecule has 0 radical (unpaired) electrons. The van der Waals surface area contributed by atoms with Crippen LogP contribution in [0.3, 0.4) is 0 Å². The Morgan fingerprint density at radius 1 is 1.47 bits per heavy atom. The lowest BCUT2D eigenvalue weighted by atomic mass is 10.0. The third-order valence-electron chi connectivity index (χ3n) is 2.23. The molecule has 0 atom stereocenters. The number of hydrogen-bond acceptors (Lipinski definition) is 2. The Balaban J connectivity index is 3.00. The van der Waals surface area contributed by atoms with Gasteiger partial charge in [-0.1, -0.05) is 37.9 Å². The van der Waals surface area contributed by atoms with Crippen molar-refractivity contribution in [1.82, 2.24) is 0 Å². The normalized spacial score (nSPS) is 10.1. The fraction of sp³-hybridized carbons (Fsp3) is 0.364. The fourth-order valence-corrected chi connectivity index (χ4v) is 2.41. The number of ether oxygens (including phenoxy) is 1. The van der Waals surface area contributed by atoms with E-state index < -0.39 is 0 Å². The zero-order valence-electron chi connectivity index (χ0n) is 8.64. The summed E-state index contributed by atoms with van der Waals surface area (Å²) < 4.78 is 5.66. The van der Waals surface area contributed by atoms with Gasteiger partial charge < -0.3 is 4.74 Å². The first-order valence-electron chi connectivity index (χ1n) is 4.49. The summed E-state index contributed by atoms with van der Waals surface area (Å²) in [6.45, 7) is 2.04. The predicted octanol–water partition coefficient (Wildman–Crippen LogP) is 3.37. The van der Waals surface area contributed by atoms with Crippen molar-refractivity contribution in [2.45, 2.75) is 18.7 Å². The minimum Gasteiger partial charge on any atom is -0.469 e. The Kier molecular flexibility index (Phi) is 4.80. The van der Waals surface area contributed by atoms with E-state index in [2.05, 4.69) is 36.6 Å². The molecule has 0 heterocycles. The van der Waals surface area contributed by atoms with Crippen molar-refractivity contribution in [3.8, 4) is 0 Å². The lowest BCUT2D eigenvalue weighted by Gasteiger charge is -2.08. The van der Waals surface area contributed by atoms with Gasteiger partial charge in [0.2, 0.25) is 0 Å². The maximum absolute atomic E-state index is 11.1. The van der Waals surface area contributed by atoms with E-state index in [0.29, 0.717) is 6.42 Å². The minimum absolute atomic E-state index is 0.216. The molecule has 0 aliphatic heterocycles. The number of esters is 1. The monoisotopic (exact) mass is 334 g/mol. The Morgan fingerprint density at radius 3 is 2.67 bits per heavy atom. The van der Waals surface area contributed by atoms with E-state index in [9.17, 15) is 4.79 Å². The van der Waals surface area contributed by atoms with E-state index in [0.717, 1.165) is 15.4 Å². The van der Waals surface area contributed by atoms with Crippen LogP contribution in [0.25, 0.3) is 0 Å². The molecule has 0 aliphatic rings. The molecule has 0 N–H and O–H groups in total. The minimum atomic E-state index is -0.216. The highest BCUT2D eigenvalue weighted by atomic mass is 79.9. The molecule has 1 aromatic carbocycles. The van der Waals surface area contributed by atoms with E-state index >= 15 is 0 Å². The molecule has 0 bridgehead atoms. The number of methoxy groups -OCH3 is 1. The van der Waals surface area contributed by atoms with Gasteiger partial charge in [-0.3, -0.25) is 4.79 Å². The van der Waals surface area contributed by atoms with Gasteiger partial charge in [-0.15, -0.1) is 0 Å². The number of alkyl halides is 1. The quantitative estimate of drug-likeness (QED) is 0.625. The first-order chi connectivity index (χ1) is 7.08. The highest BCUT2D eigenvalue weighted by Crippen LogP contribution is 2.24.